The summed E-state index contributed by atoms with van der Waals surface area (Å²) in [4.78, 5) is 0. The highest BCUT2D eigenvalue weighted by Gasteiger charge is 2.27. The third-order valence-electron chi connectivity index (χ3n) is 2.24. The number of aliphatic hydroxyl groups excluding tert-OH is 1. The summed E-state index contributed by atoms with van der Waals surface area (Å²) in [6, 6.07) is 0.867. The molecule has 1 aliphatic rings. The third-order valence-corrected chi connectivity index (χ3v) is 2.24. The van der Waals surface area contributed by atoms with Gasteiger partial charge in [0.2, 0.25) is 0 Å². The molecule has 1 heterocycles. The predicted octanol–water partition coefficient (Wildman–Crippen LogP) is 0.898. The van der Waals surface area contributed by atoms with Gasteiger partial charge in [0.05, 0.1) is 6.10 Å². The topological polar surface area (TPSA) is 32.3 Å². The quantitative estimate of drug-likeness (QED) is 0.602. The van der Waals surface area contributed by atoms with Crippen LogP contribution in [0.4, 0.5) is 0 Å². The maximum Gasteiger partial charge on any atom is 0.0705 e. The molecule has 10 heavy (non-hydrogen) atoms. The molecule has 0 radical (unpaired) electrons. The second kappa shape index (κ2) is 3.35. The monoisotopic (exact) mass is 143 g/mol. The summed E-state index contributed by atoms with van der Waals surface area (Å²) in [7, 11) is 0. The van der Waals surface area contributed by atoms with E-state index in [9.17, 15) is 5.11 Å². The van der Waals surface area contributed by atoms with E-state index in [2.05, 4.69) is 12.2 Å². The van der Waals surface area contributed by atoms with Gasteiger partial charge in [-0.15, -0.1) is 0 Å². The molecular formula is C8H17NO. The Bertz CT molecular complexity index is 95.4. The Hall–Kier alpha value is -0.0800. The molecule has 1 fully saturated rings. The van der Waals surface area contributed by atoms with Crippen LogP contribution in [0.1, 0.15) is 33.1 Å². The fourth-order valence-electron chi connectivity index (χ4n) is 1.60. The summed E-state index contributed by atoms with van der Waals surface area (Å²) >= 11 is 0. The summed E-state index contributed by atoms with van der Waals surface area (Å²) in [6.07, 6.45) is 3.23. The SMILES string of the molecule is CCC[C@@H]1C[C@H](O)[C@@H](C)N1. The van der Waals surface area contributed by atoms with E-state index < -0.39 is 0 Å². The predicted molar refractivity (Wildman–Crippen MR) is 41.9 cm³/mol. The molecule has 60 valence electrons. The first kappa shape index (κ1) is 8.02. The van der Waals surface area contributed by atoms with Crippen molar-refractivity contribution in [2.45, 2.75) is 51.3 Å². The van der Waals surface area contributed by atoms with Gasteiger partial charge in [0.15, 0.2) is 0 Å². The summed E-state index contributed by atoms with van der Waals surface area (Å²) in [5, 5.41) is 12.7. The van der Waals surface area contributed by atoms with Crippen LogP contribution in [0.25, 0.3) is 0 Å². The Morgan fingerprint density at radius 1 is 1.60 bits per heavy atom. The van der Waals surface area contributed by atoms with Gasteiger partial charge >= 0.3 is 0 Å². The van der Waals surface area contributed by atoms with E-state index in [0.717, 1.165) is 6.42 Å². The van der Waals surface area contributed by atoms with Gasteiger partial charge in [0, 0.05) is 12.1 Å². The average Bonchev–Trinajstić information content (AvgIpc) is 2.14. The van der Waals surface area contributed by atoms with Crippen LogP contribution in [-0.4, -0.2) is 23.3 Å². The first-order valence-electron chi connectivity index (χ1n) is 4.18. The zero-order chi connectivity index (χ0) is 7.56. The summed E-state index contributed by atoms with van der Waals surface area (Å²) in [5.74, 6) is 0. The molecule has 3 atom stereocenters. The summed E-state index contributed by atoms with van der Waals surface area (Å²) in [6.45, 7) is 4.22. The van der Waals surface area contributed by atoms with E-state index in [1.165, 1.54) is 12.8 Å². The highest BCUT2D eigenvalue weighted by atomic mass is 16.3. The fourth-order valence-corrected chi connectivity index (χ4v) is 1.60. The highest BCUT2D eigenvalue weighted by Crippen LogP contribution is 2.16. The lowest BCUT2D eigenvalue weighted by Gasteiger charge is -2.08. The van der Waals surface area contributed by atoms with E-state index in [0.29, 0.717) is 12.1 Å². The van der Waals surface area contributed by atoms with Gasteiger partial charge in [-0.05, 0) is 19.8 Å². The van der Waals surface area contributed by atoms with Crippen LogP contribution < -0.4 is 5.32 Å². The molecule has 1 rings (SSSR count). The normalized spacial score (nSPS) is 40.5. The van der Waals surface area contributed by atoms with Crippen LogP contribution in [0.5, 0.6) is 0 Å². The Balaban J connectivity index is 2.27. The van der Waals surface area contributed by atoms with Crippen molar-refractivity contribution in [3.63, 3.8) is 0 Å². The van der Waals surface area contributed by atoms with E-state index >= 15 is 0 Å². The number of aliphatic hydroxyl groups is 1. The molecule has 1 aliphatic heterocycles. The number of rotatable bonds is 2. The molecule has 0 aromatic rings. The van der Waals surface area contributed by atoms with E-state index in [4.69, 9.17) is 0 Å². The first-order valence-corrected chi connectivity index (χ1v) is 4.18. The third kappa shape index (κ3) is 1.70. The van der Waals surface area contributed by atoms with Crippen LogP contribution in [-0.2, 0) is 0 Å². The van der Waals surface area contributed by atoms with Gasteiger partial charge in [0.1, 0.15) is 0 Å². The van der Waals surface area contributed by atoms with Crippen molar-refractivity contribution in [1.29, 1.82) is 0 Å². The maximum absolute atomic E-state index is 9.33. The van der Waals surface area contributed by atoms with Crippen molar-refractivity contribution in [1.82, 2.24) is 5.32 Å². The lowest BCUT2D eigenvalue weighted by atomic mass is 10.1. The molecule has 0 saturated carbocycles. The van der Waals surface area contributed by atoms with Crippen LogP contribution >= 0.6 is 0 Å². The van der Waals surface area contributed by atoms with Gasteiger partial charge in [-0.1, -0.05) is 13.3 Å². The minimum absolute atomic E-state index is 0.114. The van der Waals surface area contributed by atoms with Gasteiger partial charge in [-0.3, -0.25) is 0 Å². The molecule has 0 bridgehead atoms. The Kier molecular flexibility index (Phi) is 2.69. The minimum Gasteiger partial charge on any atom is -0.391 e. The molecule has 0 aliphatic carbocycles. The van der Waals surface area contributed by atoms with Gasteiger partial charge in [0.25, 0.3) is 0 Å². The minimum atomic E-state index is -0.114. The Morgan fingerprint density at radius 3 is 2.70 bits per heavy atom. The van der Waals surface area contributed by atoms with Crippen molar-refractivity contribution < 1.29 is 5.11 Å². The van der Waals surface area contributed by atoms with Crippen molar-refractivity contribution in [3.05, 3.63) is 0 Å². The molecular weight excluding hydrogens is 126 g/mol. The van der Waals surface area contributed by atoms with E-state index in [-0.39, 0.29) is 6.10 Å². The van der Waals surface area contributed by atoms with E-state index in [1.54, 1.807) is 0 Å². The second-order valence-electron chi connectivity index (χ2n) is 3.24. The zero-order valence-electron chi connectivity index (χ0n) is 6.80. The molecule has 2 N–H and O–H groups in total. The Morgan fingerprint density at radius 2 is 2.30 bits per heavy atom. The van der Waals surface area contributed by atoms with Crippen molar-refractivity contribution >= 4 is 0 Å². The number of nitrogens with one attached hydrogen (secondary N) is 1. The molecule has 0 spiro atoms. The lowest BCUT2D eigenvalue weighted by molar-refractivity contribution is 0.164. The van der Waals surface area contributed by atoms with Gasteiger partial charge < -0.3 is 10.4 Å². The second-order valence-corrected chi connectivity index (χ2v) is 3.24. The first-order chi connectivity index (χ1) is 4.74. The van der Waals surface area contributed by atoms with Crippen LogP contribution in [0, 0.1) is 0 Å². The fraction of sp³-hybridized carbons (Fsp3) is 1.00. The standard InChI is InChI=1S/C8H17NO/c1-3-4-7-5-8(10)6(2)9-7/h6-10H,3-5H2,1-2H3/t6-,7-,8+/m1/s1. The van der Waals surface area contributed by atoms with Crippen LogP contribution in [0.2, 0.25) is 0 Å². The largest absolute Gasteiger partial charge is 0.391 e. The van der Waals surface area contributed by atoms with Crippen LogP contribution in [0.3, 0.4) is 0 Å². The maximum atomic E-state index is 9.33. The van der Waals surface area contributed by atoms with Gasteiger partial charge in [-0.25, -0.2) is 0 Å². The number of hydrogen-bond acceptors (Lipinski definition) is 2. The van der Waals surface area contributed by atoms with Crippen LogP contribution in [0.15, 0.2) is 0 Å². The molecule has 2 heteroatoms. The molecule has 0 unspecified atom stereocenters. The van der Waals surface area contributed by atoms with Crippen molar-refractivity contribution in [2.24, 2.45) is 0 Å². The summed E-state index contributed by atoms with van der Waals surface area (Å²) < 4.78 is 0. The highest BCUT2D eigenvalue weighted by molar-refractivity contribution is 4.87. The zero-order valence-corrected chi connectivity index (χ0v) is 6.80. The smallest absolute Gasteiger partial charge is 0.0705 e. The lowest BCUT2D eigenvalue weighted by Crippen LogP contribution is -2.29. The van der Waals surface area contributed by atoms with Crippen molar-refractivity contribution in [2.75, 3.05) is 0 Å². The summed E-state index contributed by atoms with van der Waals surface area (Å²) in [5.41, 5.74) is 0. The molecule has 0 amide bonds. The van der Waals surface area contributed by atoms with Crippen molar-refractivity contribution in [3.8, 4) is 0 Å². The average molecular weight is 143 g/mol. The number of hydrogen-bond donors (Lipinski definition) is 2. The molecule has 0 aromatic carbocycles. The molecule has 0 aromatic heterocycles. The van der Waals surface area contributed by atoms with E-state index in [1.807, 2.05) is 6.92 Å². The molecule has 1 saturated heterocycles. The Labute approximate surface area is 62.6 Å². The molecule has 2 nitrogen and oxygen atoms in total. The van der Waals surface area contributed by atoms with Gasteiger partial charge in [-0.2, -0.15) is 0 Å².